The normalized spacial score (nSPS) is 13.8. The second-order valence-corrected chi connectivity index (χ2v) is 4.83. The predicted octanol–water partition coefficient (Wildman–Crippen LogP) is 2.75. The molecule has 98 valence electrons. The Hall–Kier alpha value is -1.20. The summed E-state index contributed by atoms with van der Waals surface area (Å²) in [5.74, 6) is -1.02. The molecular formula is C13H15BrFNO2. The van der Waals surface area contributed by atoms with Crippen LogP contribution in [0.2, 0.25) is 0 Å². The number of methoxy groups -OCH3 is 1. The molecule has 5 heteroatoms. The van der Waals surface area contributed by atoms with Crippen molar-refractivity contribution < 1.29 is 13.9 Å². The van der Waals surface area contributed by atoms with Crippen LogP contribution in [0.3, 0.4) is 0 Å². The Morgan fingerprint density at radius 1 is 1.67 bits per heavy atom. The summed E-state index contributed by atoms with van der Waals surface area (Å²) in [6, 6.07) is 4.43. The van der Waals surface area contributed by atoms with Gasteiger partial charge in [-0.2, -0.15) is 0 Å². The van der Waals surface area contributed by atoms with Gasteiger partial charge in [-0.3, -0.25) is 5.32 Å². The minimum absolute atomic E-state index is 0.227. The number of carbonyl (C=O) groups excluding carboxylic acids is 1. The van der Waals surface area contributed by atoms with E-state index >= 15 is 0 Å². The first-order valence-electron chi connectivity index (χ1n) is 5.35. The highest BCUT2D eigenvalue weighted by Gasteiger charge is 2.38. The van der Waals surface area contributed by atoms with Crippen LogP contribution >= 0.6 is 15.9 Å². The van der Waals surface area contributed by atoms with Gasteiger partial charge >= 0.3 is 5.97 Å². The van der Waals surface area contributed by atoms with Crippen molar-refractivity contribution in [3.05, 3.63) is 46.7 Å². The fourth-order valence-electron chi connectivity index (χ4n) is 1.64. The van der Waals surface area contributed by atoms with Crippen LogP contribution in [0.25, 0.3) is 0 Å². The summed E-state index contributed by atoms with van der Waals surface area (Å²) in [6.07, 6.45) is 1.59. The van der Waals surface area contributed by atoms with E-state index < -0.39 is 17.3 Å². The second-order valence-electron chi connectivity index (χ2n) is 3.91. The van der Waals surface area contributed by atoms with E-state index in [1.54, 1.807) is 25.1 Å². The van der Waals surface area contributed by atoms with Gasteiger partial charge < -0.3 is 4.74 Å². The number of halogens is 2. The average molecular weight is 316 g/mol. The largest absolute Gasteiger partial charge is 0.467 e. The quantitative estimate of drug-likeness (QED) is 0.670. The van der Waals surface area contributed by atoms with Crippen molar-refractivity contribution in [3.8, 4) is 0 Å². The first kappa shape index (κ1) is 14.9. The van der Waals surface area contributed by atoms with Crippen molar-refractivity contribution in [1.82, 2.24) is 5.32 Å². The van der Waals surface area contributed by atoms with E-state index in [4.69, 9.17) is 4.74 Å². The number of esters is 1. The van der Waals surface area contributed by atoms with Crippen molar-refractivity contribution in [3.63, 3.8) is 0 Å². The highest BCUT2D eigenvalue weighted by molar-refractivity contribution is 9.10. The van der Waals surface area contributed by atoms with Crippen molar-refractivity contribution in [2.75, 3.05) is 13.7 Å². The fraction of sp³-hybridized carbons (Fsp3) is 0.308. The second kappa shape index (κ2) is 6.11. The number of rotatable bonds is 5. The molecule has 0 fully saturated rings. The predicted molar refractivity (Wildman–Crippen MR) is 71.7 cm³/mol. The van der Waals surface area contributed by atoms with E-state index in [1.807, 2.05) is 0 Å². The molecule has 0 aliphatic carbocycles. The Bertz CT molecular complexity index is 464. The van der Waals surface area contributed by atoms with Crippen LogP contribution in [-0.4, -0.2) is 19.6 Å². The van der Waals surface area contributed by atoms with Gasteiger partial charge in [0.1, 0.15) is 11.4 Å². The lowest BCUT2D eigenvalue weighted by Crippen LogP contribution is -2.48. The van der Waals surface area contributed by atoms with Crippen LogP contribution in [-0.2, 0) is 15.1 Å². The lowest BCUT2D eigenvalue weighted by Gasteiger charge is -2.28. The Morgan fingerprint density at radius 2 is 2.33 bits per heavy atom. The van der Waals surface area contributed by atoms with Crippen LogP contribution < -0.4 is 5.32 Å². The first-order chi connectivity index (χ1) is 8.45. The topological polar surface area (TPSA) is 38.3 Å². The van der Waals surface area contributed by atoms with E-state index in [0.29, 0.717) is 11.0 Å². The molecule has 0 saturated carbocycles. The third-order valence-electron chi connectivity index (χ3n) is 2.66. The molecule has 0 heterocycles. The zero-order chi connectivity index (χ0) is 13.8. The van der Waals surface area contributed by atoms with Gasteiger partial charge in [0.25, 0.3) is 0 Å². The summed E-state index contributed by atoms with van der Waals surface area (Å²) in [4.78, 5) is 11.9. The van der Waals surface area contributed by atoms with Crippen LogP contribution in [0.4, 0.5) is 4.39 Å². The van der Waals surface area contributed by atoms with E-state index in [2.05, 4.69) is 27.8 Å². The molecule has 18 heavy (non-hydrogen) atoms. The standard InChI is InChI=1S/C13H15BrFNO2/c1-4-7-16-13(2,12(17)18-3)10-8-9(14)5-6-11(10)15/h4-6,8,16H,1,7H2,2-3H3. The van der Waals surface area contributed by atoms with E-state index in [1.165, 1.54) is 13.2 Å². The minimum Gasteiger partial charge on any atom is -0.467 e. The number of benzene rings is 1. The molecule has 1 aromatic rings. The zero-order valence-corrected chi connectivity index (χ0v) is 11.9. The molecule has 0 radical (unpaired) electrons. The molecular weight excluding hydrogens is 301 g/mol. The molecule has 0 spiro atoms. The lowest BCUT2D eigenvalue weighted by atomic mass is 9.91. The maximum absolute atomic E-state index is 13.9. The summed E-state index contributed by atoms with van der Waals surface area (Å²) < 4.78 is 19.3. The molecule has 1 rings (SSSR count). The van der Waals surface area contributed by atoms with E-state index in [0.717, 1.165) is 0 Å². The third-order valence-corrected chi connectivity index (χ3v) is 3.15. The smallest absolute Gasteiger partial charge is 0.330 e. The fourth-order valence-corrected chi connectivity index (χ4v) is 2.00. The molecule has 1 aromatic carbocycles. The van der Waals surface area contributed by atoms with Crippen LogP contribution in [0.1, 0.15) is 12.5 Å². The minimum atomic E-state index is -1.25. The number of nitrogens with one attached hydrogen (secondary N) is 1. The van der Waals surface area contributed by atoms with Gasteiger partial charge in [0.05, 0.1) is 7.11 Å². The van der Waals surface area contributed by atoms with Crippen LogP contribution in [0, 0.1) is 5.82 Å². The molecule has 1 N–H and O–H groups in total. The van der Waals surface area contributed by atoms with Gasteiger partial charge in [-0.1, -0.05) is 22.0 Å². The first-order valence-corrected chi connectivity index (χ1v) is 6.15. The highest BCUT2D eigenvalue weighted by atomic mass is 79.9. The molecule has 0 bridgehead atoms. The van der Waals surface area contributed by atoms with E-state index in [-0.39, 0.29) is 5.56 Å². The number of hydrogen-bond donors (Lipinski definition) is 1. The summed E-state index contributed by atoms with van der Waals surface area (Å²) >= 11 is 3.26. The number of ether oxygens (including phenoxy) is 1. The van der Waals surface area contributed by atoms with Crippen molar-refractivity contribution in [1.29, 1.82) is 0 Å². The number of hydrogen-bond acceptors (Lipinski definition) is 3. The van der Waals surface area contributed by atoms with Crippen molar-refractivity contribution in [2.45, 2.75) is 12.5 Å². The maximum Gasteiger partial charge on any atom is 0.330 e. The van der Waals surface area contributed by atoms with Gasteiger partial charge in [-0.25, -0.2) is 9.18 Å². The van der Waals surface area contributed by atoms with Crippen molar-refractivity contribution in [2.24, 2.45) is 0 Å². The molecule has 3 nitrogen and oxygen atoms in total. The monoisotopic (exact) mass is 315 g/mol. The molecule has 0 amide bonds. The summed E-state index contributed by atoms with van der Waals surface area (Å²) in [5.41, 5.74) is -1.03. The average Bonchev–Trinajstić information content (AvgIpc) is 2.37. The zero-order valence-electron chi connectivity index (χ0n) is 10.3. The third kappa shape index (κ3) is 2.97. The summed E-state index contributed by atoms with van der Waals surface area (Å²) in [5, 5.41) is 2.93. The summed E-state index contributed by atoms with van der Waals surface area (Å²) in [6.45, 7) is 5.50. The van der Waals surface area contributed by atoms with Gasteiger partial charge in [-0.15, -0.1) is 6.58 Å². The van der Waals surface area contributed by atoms with Gasteiger partial charge in [0.15, 0.2) is 0 Å². The van der Waals surface area contributed by atoms with Gasteiger partial charge in [-0.05, 0) is 25.1 Å². The Kier molecular flexibility index (Phi) is 5.04. The molecule has 0 aliphatic rings. The van der Waals surface area contributed by atoms with Gasteiger partial charge in [0.2, 0.25) is 0 Å². The maximum atomic E-state index is 13.9. The summed E-state index contributed by atoms with van der Waals surface area (Å²) in [7, 11) is 1.27. The lowest BCUT2D eigenvalue weighted by molar-refractivity contribution is -0.148. The number of carbonyl (C=O) groups is 1. The SMILES string of the molecule is C=CCNC(C)(C(=O)OC)c1cc(Br)ccc1F. The highest BCUT2D eigenvalue weighted by Crippen LogP contribution is 2.27. The Balaban J connectivity index is 3.28. The Morgan fingerprint density at radius 3 is 2.89 bits per heavy atom. The molecule has 1 atom stereocenters. The Labute approximate surface area is 114 Å². The molecule has 1 unspecified atom stereocenters. The molecule has 0 aromatic heterocycles. The van der Waals surface area contributed by atoms with Gasteiger partial charge in [0, 0.05) is 16.6 Å². The van der Waals surface area contributed by atoms with Crippen LogP contribution in [0.15, 0.2) is 35.3 Å². The van der Waals surface area contributed by atoms with Crippen LogP contribution in [0.5, 0.6) is 0 Å². The molecule has 0 aliphatic heterocycles. The van der Waals surface area contributed by atoms with E-state index in [9.17, 15) is 9.18 Å². The van der Waals surface area contributed by atoms with Crippen molar-refractivity contribution >= 4 is 21.9 Å². The molecule has 0 saturated heterocycles.